The second-order valence-corrected chi connectivity index (χ2v) is 8.48. The Hall–Kier alpha value is -3.89. The Kier molecular flexibility index (Phi) is 7.27. The lowest BCUT2D eigenvalue weighted by Crippen LogP contribution is -2.38. The quantitative estimate of drug-likeness (QED) is 0.440. The standard InChI is InChI=1S/C25H25F4N5O2/c1-36-18-10-4-15(5-11-18)13-19(22(30)35)33-23-21(26)24(32-14-31-23)34-12-2-3-20(34)16-6-8-17(9-7-16)25(27,28)29/h4-11,14,19-20H,2-3,12-13H2,1H3,(H2,30,35)(H,31,32,33). The number of primary amides is 1. The van der Waals surface area contributed by atoms with Crippen LogP contribution in [0.1, 0.15) is 35.6 Å². The molecule has 2 unspecified atom stereocenters. The molecule has 11 heteroatoms. The second kappa shape index (κ2) is 10.4. The SMILES string of the molecule is COc1ccc(CC(Nc2ncnc(N3CCCC3c3ccc(C(F)(F)F)cc3)c2F)C(N)=O)cc1. The lowest BCUT2D eigenvalue weighted by molar-refractivity contribution is -0.137. The van der Waals surface area contributed by atoms with Gasteiger partial charge >= 0.3 is 6.18 Å². The van der Waals surface area contributed by atoms with Crippen molar-refractivity contribution in [2.75, 3.05) is 23.9 Å². The van der Waals surface area contributed by atoms with Crippen molar-refractivity contribution in [3.05, 3.63) is 77.4 Å². The highest BCUT2D eigenvalue weighted by Crippen LogP contribution is 2.38. The zero-order valence-electron chi connectivity index (χ0n) is 19.4. The van der Waals surface area contributed by atoms with Crippen LogP contribution in [0, 0.1) is 5.82 Å². The van der Waals surface area contributed by atoms with Crippen LogP contribution in [0.5, 0.6) is 5.75 Å². The minimum absolute atomic E-state index is 0.00238. The van der Waals surface area contributed by atoms with Crippen LogP contribution in [0.15, 0.2) is 54.9 Å². The molecule has 36 heavy (non-hydrogen) atoms. The van der Waals surface area contributed by atoms with E-state index in [-0.39, 0.29) is 24.1 Å². The third-order valence-corrected chi connectivity index (χ3v) is 6.17. The Labute approximate surface area is 205 Å². The van der Waals surface area contributed by atoms with Gasteiger partial charge in [-0.25, -0.2) is 9.97 Å². The minimum atomic E-state index is -4.43. The molecule has 1 aliphatic heterocycles. The number of benzene rings is 2. The first-order valence-corrected chi connectivity index (χ1v) is 11.3. The predicted octanol–water partition coefficient (Wildman–Crippen LogP) is 4.49. The predicted molar refractivity (Wildman–Crippen MR) is 126 cm³/mol. The lowest BCUT2D eigenvalue weighted by Gasteiger charge is -2.27. The number of alkyl halides is 3. The van der Waals surface area contributed by atoms with E-state index in [1.807, 2.05) is 0 Å². The largest absolute Gasteiger partial charge is 0.497 e. The first-order valence-electron chi connectivity index (χ1n) is 11.3. The number of aromatic nitrogens is 2. The summed E-state index contributed by atoms with van der Waals surface area (Å²) < 4.78 is 59.5. The molecule has 190 valence electrons. The number of rotatable bonds is 8. The smallest absolute Gasteiger partial charge is 0.416 e. The maximum Gasteiger partial charge on any atom is 0.416 e. The monoisotopic (exact) mass is 503 g/mol. The molecule has 1 aliphatic rings. The van der Waals surface area contributed by atoms with Crippen LogP contribution in [0.4, 0.5) is 29.2 Å². The van der Waals surface area contributed by atoms with Crippen LogP contribution in [0.2, 0.25) is 0 Å². The summed E-state index contributed by atoms with van der Waals surface area (Å²) in [5, 5.41) is 2.78. The molecule has 0 spiro atoms. The fourth-order valence-electron chi connectivity index (χ4n) is 4.31. The van der Waals surface area contributed by atoms with Gasteiger partial charge in [-0.05, 0) is 48.2 Å². The summed E-state index contributed by atoms with van der Waals surface area (Å²) >= 11 is 0. The molecule has 4 rings (SSSR count). The molecular weight excluding hydrogens is 478 g/mol. The summed E-state index contributed by atoms with van der Waals surface area (Å²) in [5.41, 5.74) is 6.22. The van der Waals surface area contributed by atoms with E-state index in [1.165, 1.54) is 18.5 Å². The van der Waals surface area contributed by atoms with Crippen molar-refractivity contribution in [1.82, 2.24) is 9.97 Å². The van der Waals surface area contributed by atoms with Crippen LogP contribution >= 0.6 is 0 Å². The number of halogens is 4. The summed E-state index contributed by atoms with van der Waals surface area (Å²) in [6.45, 7) is 0.462. The highest BCUT2D eigenvalue weighted by Gasteiger charge is 2.33. The fourth-order valence-corrected chi connectivity index (χ4v) is 4.31. The molecule has 0 bridgehead atoms. The van der Waals surface area contributed by atoms with Gasteiger partial charge in [-0.2, -0.15) is 17.6 Å². The Morgan fingerprint density at radius 3 is 2.47 bits per heavy atom. The highest BCUT2D eigenvalue weighted by molar-refractivity contribution is 5.83. The molecule has 3 N–H and O–H groups in total. The number of nitrogens with zero attached hydrogens (tertiary/aromatic N) is 3. The van der Waals surface area contributed by atoms with Crippen molar-refractivity contribution in [2.24, 2.45) is 5.73 Å². The first-order chi connectivity index (χ1) is 17.2. The van der Waals surface area contributed by atoms with Crippen molar-refractivity contribution < 1.29 is 27.1 Å². The van der Waals surface area contributed by atoms with Gasteiger partial charge in [0.05, 0.1) is 18.7 Å². The van der Waals surface area contributed by atoms with Gasteiger partial charge in [-0.3, -0.25) is 4.79 Å². The van der Waals surface area contributed by atoms with Crippen molar-refractivity contribution in [3.63, 3.8) is 0 Å². The van der Waals surface area contributed by atoms with Gasteiger partial charge in [0, 0.05) is 13.0 Å². The van der Waals surface area contributed by atoms with E-state index in [2.05, 4.69) is 15.3 Å². The van der Waals surface area contributed by atoms with Gasteiger partial charge in [0.25, 0.3) is 0 Å². The molecule has 1 saturated heterocycles. The Bertz CT molecular complexity index is 1200. The molecule has 1 fully saturated rings. The number of carbonyl (C=O) groups is 1. The molecule has 0 saturated carbocycles. The van der Waals surface area contributed by atoms with E-state index in [1.54, 1.807) is 36.3 Å². The molecule has 1 aromatic heterocycles. The van der Waals surface area contributed by atoms with E-state index in [9.17, 15) is 18.0 Å². The molecule has 2 aromatic carbocycles. The first kappa shape index (κ1) is 25.2. The summed E-state index contributed by atoms with van der Waals surface area (Å²) in [5.74, 6) is -0.980. The molecule has 7 nitrogen and oxygen atoms in total. The van der Waals surface area contributed by atoms with Gasteiger partial charge in [-0.15, -0.1) is 0 Å². The number of hydrogen-bond donors (Lipinski definition) is 2. The number of anilines is 2. The van der Waals surface area contributed by atoms with Crippen molar-refractivity contribution in [3.8, 4) is 5.75 Å². The molecule has 2 atom stereocenters. The van der Waals surface area contributed by atoms with Crippen molar-refractivity contribution >= 4 is 17.5 Å². The number of hydrogen-bond acceptors (Lipinski definition) is 6. The molecule has 3 aromatic rings. The van der Waals surface area contributed by atoms with Crippen LogP contribution in [0.25, 0.3) is 0 Å². The molecule has 2 heterocycles. The summed E-state index contributed by atoms with van der Waals surface area (Å²) in [7, 11) is 1.54. The average Bonchev–Trinajstić information content (AvgIpc) is 3.34. The Morgan fingerprint density at radius 2 is 1.86 bits per heavy atom. The third kappa shape index (κ3) is 5.50. The third-order valence-electron chi connectivity index (χ3n) is 6.17. The number of nitrogens with one attached hydrogen (secondary N) is 1. The van der Waals surface area contributed by atoms with E-state index in [0.29, 0.717) is 30.7 Å². The van der Waals surface area contributed by atoms with E-state index < -0.39 is 29.5 Å². The second-order valence-electron chi connectivity index (χ2n) is 8.48. The molecular formula is C25H25F4N5O2. The lowest BCUT2D eigenvalue weighted by atomic mass is 10.0. The van der Waals surface area contributed by atoms with Gasteiger partial charge in [0.1, 0.15) is 18.1 Å². The molecule has 1 amide bonds. The highest BCUT2D eigenvalue weighted by atomic mass is 19.4. The number of carbonyl (C=O) groups excluding carboxylic acids is 1. The molecule has 0 aliphatic carbocycles. The average molecular weight is 504 g/mol. The van der Waals surface area contributed by atoms with Gasteiger partial charge in [0.2, 0.25) is 11.7 Å². The topological polar surface area (TPSA) is 93.4 Å². The van der Waals surface area contributed by atoms with Crippen LogP contribution in [-0.4, -0.2) is 35.6 Å². The summed E-state index contributed by atoms with van der Waals surface area (Å²) in [6.07, 6.45) is -1.74. The van der Waals surface area contributed by atoms with Crippen LogP contribution in [-0.2, 0) is 17.4 Å². The molecule has 0 radical (unpaired) electrons. The number of nitrogens with two attached hydrogens (primary N) is 1. The Morgan fingerprint density at radius 1 is 1.17 bits per heavy atom. The van der Waals surface area contributed by atoms with Crippen LogP contribution in [0.3, 0.4) is 0 Å². The van der Waals surface area contributed by atoms with E-state index in [0.717, 1.165) is 17.7 Å². The van der Waals surface area contributed by atoms with Crippen LogP contribution < -0.4 is 20.7 Å². The number of amides is 1. The Balaban J connectivity index is 1.55. The zero-order valence-corrected chi connectivity index (χ0v) is 19.4. The maximum absolute atomic E-state index is 15.5. The van der Waals surface area contributed by atoms with E-state index in [4.69, 9.17) is 10.5 Å². The van der Waals surface area contributed by atoms with E-state index >= 15 is 4.39 Å². The van der Waals surface area contributed by atoms with Gasteiger partial charge in [-0.1, -0.05) is 24.3 Å². The number of ether oxygens (including phenoxy) is 1. The van der Waals surface area contributed by atoms with Crippen molar-refractivity contribution in [2.45, 2.75) is 37.5 Å². The zero-order chi connectivity index (χ0) is 25.9. The minimum Gasteiger partial charge on any atom is -0.497 e. The van der Waals surface area contributed by atoms with Gasteiger partial charge < -0.3 is 20.7 Å². The number of methoxy groups -OCH3 is 1. The summed E-state index contributed by atoms with van der Waals surface area (Å²) in [6, 6.07) is 10.6. The normalized spacial score (nSPS) is 16.6. The van der Waals surface area contributed by atoms with Gasteiger partial charge in [0.15, 0.2) is 11.6 Å². The summed E-state index contributed by atoms with van der Waals surface area (Å²) in [4.78, 5) is 21.9. The van der Waals surface area contributed by atoms with Crippen molar-refractivity contribution in [1.29, 1.82) is 0 Å². The maximum atomic E-state index is 15.5. The fraction of sp³-hybridized carbons (Fsp3) is 0.320.